The first-order valence-electron chi connectivity index (χ1n) is 5.96. The molecule has 0 unspecified atom stereocenters. The molecule has 3 heteroatoms. The predicted molar refractivity (Wildman–Crippen MR) is 74.6 cm³/mol. The molecule has 0 aliphatic heterocycles. The summed E-state index contributed by atoms with van der Waals surface area (Å²) in [6.45, 7) is 6.24. The van der Waals surface area contributed by atoms with Crippen molar-refractivity contribution in [1.29, 1.82) is 0 Å². The Hall–Kier alpha value is -1.54. The molecule has 0 spiro atoms. The minimum atomic E-state index is 0.512. The molecule has 0 saturated heterocycles. The van der Waals surface area contributed by atoms with Crippen molar-refractivity contribution in [2.45, 2.75) is 26.7 Å². The van der Waals surface area contributed by atoms with E-state index in [4.69, 9.17) is 16.3 Å². The minimum absolute atomic E-state index is 0.512. The molecule has 0 aliphatic carbocycles. The first-order valence-corrected chi connectivity index (χ1v) is 6.34. The van der Waals surface area contributed by atoms with Crippen molar-refractivity contribution in [2.24, 2.45) is 0 Å². The molecule has 0 atom stereocenters. The molecule has 94 valence electrons. The highest BCUT2D eigenvalue weighted by Crippen LogP contribution is 2.25. The van der Waals surface area contributed by atoms with Crippen LogP contribution in [0.25, 0.3) is 0 Å². The van der Waals surface area contributed by atoms with Crippen LogP contribution in [0.15, 0.2) is 36.5 Å². The number of aryl methyl sites for hydroxylation is 1. The van der Waals surface area contributed by atoms with Crippen molar-refractivity contribution >= 4 is 11.6 Å². The van der Waals surface area contributed by atoms with Crippen molar-refractivity contribution < 1.29 is 4.74 Å². The zero-order chi connectivity index (χ0) is 13.1. The van der Waals surface area contributed by atoms with Gasteiger partial charge in [-0.05, 0) is 42.2 Å². The summed E-state index contributed by atoms with van der Waals surface area (Å²) >= 11 is 5.87. The number of nitrogens with zero attached hydrogens (tertiary/aromatic N) is 1. The van der Waals surface area contributed by atoms with Crippen molar-refractivity contribution in [3.63, 3.8) is 0 Å². The Balaban J connectivity index is 2.15. The van der Waals surface area contributed by atoms with Crippen molar-refractivity contribution in [3.05, 3.63) is 52.8 Å². The second-order valence-electron chi connectivity index (χ2n) is 4.60. The van der Waals surface area contributed by atoms with Gasteiger partial charge in [-0.1, -0.05) is 37.6 Å². The number of rotatable bonds is 3. The van der Waals surface area contributed by atoms with Gasteiger partial charge < -0.3 is 4.74 Å². The fraction of sp³-hybridized carbons (Fsp3) is 0.267. The van der Waals surface area contributed by atoms with Gasteiger partial charge in [-0.25, -0.2) is 4.98 Å². The minimum Gasteiger partial charge on any atom is -0.456 e. The van der Waals surface area contributed by atoms with E-state index >= 15 is 0 Å². The summed E-state index contributed by atoms with van der Waals surface area (Å²) in [5.74, 6) is 2.04. The van der Waals surface area contributed by atoms with E-state index in [1.165, 1.54) is 5.56 Å². The Morgan fingerprint density at radius 1 is 1.11 bits per heavy atom. The highest BCUT2D eigenvalue weighted by Gasteiger charge is 2.03. The van der Waals surface area contributed by atoms with Gasteiger partial charge in [-0.15, -0.1) is 0 Å². The van der Waals surface area contributed by atoms with Gasteiger partial charge in [-0.3, -0.25) is 0 Å². The number of ether oxygens (including phenoxy) is 1. The lowest BCUT2D eigenvalue weighted by molar-refractivity contribution is 0.479. The molecule has 18 heavy (non-hydrogen) atoms. The number of aromatic nitrogens is 1. The van der Waals surface area contributed by atoms with Crippen LogP contribution in [-0.2, 0) is 0 Å². The molecule has 0 saturated carbocycles. The summed E-state index contributed by atoms with van der Waals surface area (Å²) in [7, 11) is 0. The summed E-state index contributed by atoms with van der Waals surface area (Å²) in [5.41, 5.74) is 2.21. The molecule has 0 fully saturated rings. The fourth-order valence-corrected chi connectivity index (χ4v) is 1.75. The Labute approximate surface area is 113 Å². The molecule has 0 amide bonds. The van der Waals surface area contributed by atoms with E-state index < -0.39 is 0 Å². The number of hydrogen-bond acceptors (Lipinski definition) is 2. The average molecular weight is 262 g/mol. The number of halogens is 1. The van der Waals surface area contributed by atoms with Crippen LogP contribution < -0.4 is 4.74 Å². The number of hydrogen-bond donors (Lipinski definition) is 0. The maximum atomic E-state index is 5.87. The molecule has 0 aliphatic rings. The molecule has 0 bridgehead atoms. The van der Waals surface area contributed by atoms with Gasteiger partial charge in [0.15, 0.2) is 0 Å². The van der Waals surface area contributed by atoms with Crippen LogP contribution in [0.5, 0.6) is 11.5 Å². The number of pyridine rings is 1. The molecule has 2 rings (SSSR count). The Bertz CT molecular complexity index is 535. The highest BCUT2D eigenvalue weighted by molar-refractivity contribution is 6.30. The molecule has 1 aromatic heterocycles. The van der Waals surface area contributed by atoms with E-state index in [2.05, 4.69) is 31.0 Å². The molecule has 1 heterocycles. The lowest BCUT2D eigenvalue weighted by Crippen LogP contribution is -1.90. The standard InChI is InChI=1S/C15H16ClNO/c1-10(2)12-4-6-13(7-5-12)18-14-8-11(3)15(16)17-9-14/h4-10H,1-3H3. The van der Waals surface area contributed by atoms with Crippen LogP contribution in [0.3, 0.4) is 0 Å². The highest BCUT2D eigenvalue weighted by atomic mass is 35.5. The largest absolute Gasteiger partial charge is 0.456 e. The Morgan fingerprint density at radius 2 is 1.78 bits per heavy atom. The molecule has 2 nitrogen and oxygen atoms in total. The summed E-state index contributed by atoms with van der Waals surface area (Å²) < 4.78 is 5.73. The van der Waals surface area contributed by atoms with E-state index in [9.17, 15) is 0 Å². The number of benzene rings is 1. The van der Waals surface area contributed by atoms with Crippen molar-refractivity contribution in [2.75, 3.05) is 0 Å². The van der Waals surface area contributed by atoms with Gasteiger partial charge >= 0.3 is 0 Å². The summed E-state index contributed by atoms with van der Waals surface area (Å²) in [5, 5.41) is 0.512. The molecule has 1 aromatic carbocycles. The van der Waals surface area contributed by atoms with E-state index in [-0.39, 0.29) is 0 Å². The molecule has 2 aromatic rings. The predicted octanol–water partition coefficient (Wildman–Crippen LogP) is 4.96. The van der Waals surface area contributed by atoms with Gasteiger partial charge in [0.05, 0.1) is 6.20 Å². The van der Waals surface area contributed by atoms with Crippen LogP contribution in [0.1, 0.15) is 30.9 Å². The first kappa shape index (κ1) is 12.9. The van der Waals surface area contributed by atoms with E-state index in [1.54, 1.807) is 6.20 Å². The summed E-state index contributed by atoms with van der Waals surface area (Å²) in [6, 6.07) is 9.98. The smallest absolute Gasteiger partial charge is 0.146 e. The third-order valence-electron chi connectivity index (χ3n) is 2.77. The van der Waals surface area contributed by atoms with E-state index in [1.807, 2.05) is 25.1 Å². The van der Waals surface area contributed by atoms with E-state index in [0.29, 0.717) is 16.8 Å². The zero-order valence-corrected chi connectivity index (χ0v) is 11.5. The zero-order valence-electron chi connectivity index (χ0n) is 10.8. The van der Waals surface area contributed by atoms with Gasteiger partial charge in [0.2, 0.25) is 0 Å². The summed E-state index contributed by atoms with van der Waals surface area (Å²) in [4.78, 5) is 4.06. The first-order chi connectivity index (χ1) is 8.56. The normalized spacial score (nSPS) is 10.7. The Kier molecular flexibility index (Phi) is 3.87. The monoisotopic (exact) mass is 261 g/mol. The lowest BCUT2D eigenvalue weighted by Gasteiger charge is -2.09. The van der Waals surface area contributed by atoms with Gasteiger partial charge in [0, 0.05) is 0 Å². The van der Waals surface area contributed by atoms with Crippen LogP contribution in [-0.4, -0.2) is 4.98 Å². The van der Waals surface area contributed by atoms with Crippen LogP contribution >= 0.6 is 11.6 Å². The van der Waals surface area contributed by atoms with E-state index in [0.717, 1.165) is 11.3 Å². The van der Waals surface area contributed by atoms with Gasteiger partial charge in [0.25, 0.3) is 0 Å². The molecular weight excluding hydrogens is 246 g/mol. The van der Waals surface area contributed by atoms with Crippen LogP contribution in [0.4, 0.5) is 0 Å². The maximum absolute atomic E-state index is 5.87. The fourth-order valence-electron chi connectivity index (χ4n) is 1.64. The van der Waals surface area contributed by atoms with Gasteiger partial charge in [-0.2, -0.15) is 0 Å². The van der Waals surface area contributed by atoms with Gasteiger partial charge in [0.1, 0.15) is 16.7 Å². The molecule has 0 radical (unpaired) electrons. The quantitative estimate of drug-likeness (QED) is 0.729. The van der Waals surface area contributed by atoms with Crippen LogP contribution in [0, 0.1) is 6.92 Å². The maximum Gasteiger partial charge on any atom is 0.146 e. The second-order valence-corrected chi connectivity index (χ2v) is 4.96. The third-order valence-corrected chi connectivity index (χ3v) is 3.17. The SMILES string of the molecule is Cc1cc(Oc2ccc(C(C)C)cc2)cnc1Cl. The second kappa shape index (κ2) is 5.40. The van der Waals surface area contributed by atoms with Crippen molar-refractivity contribution in [3.8, 4) is 11.5 Å². The molecule has 0 N–H and O–H groups in total. The van der Waals surface area contributed by atoms with Crippen LogP contribution in [0.2, 0.25) is 5.15 Å². The lowest BCUT2D eigenvalue weighted by atomic mass is 10.0. The Morgan fingerprint density at radius 3 is 2.33 bits per heavy atom. The molecular formula is C15H16ClNO. The summed E-state index contributed by atoms with van der Waals surface area (Å²) in [6.07, 6.45) is 1.63. The van der Waals surface area contributed by atoms with Crippen molar-refractivity contribution in [1.82, 2.24) is 4.98 Å². The average Bonchev–Trinajstić information content (AvgIpc) is 2.34. The third kappa shape index (κ3) is 3.02. The topological polar surface area (TPSA) is 22.1 Å².